The van der Waals surface area contributed by atoms with Crippen molar-refractivity contribution in [2.75, 3.05) is 24.7 Å². The zero-order valence-corrected chi connectivity index (χ0v) is 19.7. The first kappa shape index (κ1) is 22.7. The highest BCUT2D eigenvalue weighted by molar-refractivity contribution is 7.99. The molecule has 10 heteroatoms. The Bertz CT molecular complexity index is 1200. The number of thioether (sulfide) groups is 1. The van der Waals surface area contributed by atoms with Gasteiger partial charge in [0.25, 0.3) is 0 Å². The maximum atomic E-state index is 12.5. The van der Waals surface area contributed by atoms with Crippen LogP contribution in [0.1, 0.15) is 18.3 Å². The van der Waals surface area contributed by atoms with Gasteiger partial charge in [0.05, 0.1) is 5.75 Å². The lowest BCUT2D eigenvalue weighted by Crippen LogP contribution is -2.12. The van der Waals surface area contributed by atoms with E-state index in [0.29, 0.717) is 36.2 Å². The summed E-state index contributed by atoms with van der Waals surface area (Å²) >= 11 is 1.41. The molecule has 0 N–H and O–H groups in total. The Labute approximate surface area is 196 Å². The van der Waals surface area contributed by atoms with Gasteiger partial charge in [0.2, 0.25) is 5.82 Å². The number of benzene rings is 2. The van der Waals surface area contributed by atoms with Crippen molar-refractivity contribution < 1.29 is 4.79 Å². The molecule has 0 spiro atoms. The molecule has 4 rings (SSSR count). The molecule has 2 aromatic carbocycles. The van der Waals surface area contributed by atoms with Crippen LogP contribution in [0, 0.1) is 0 Å². The minimum Gasteiger partial charge on any atom is -0.378 e. The Morgan fingerprint density at radius 2 is 1.76 bits per heavy atom. The van der Waals surface area contributed by atoms with Crippen LogP contribution in [-0.2, 0) is 24.3 Å². The van der Waals surface area contributed by atoms with Gasteiger partial charge in [0.15, 0.2) is 11.0 Å². The maximum absolute atomic E-state index is 12.5. The number of Topliss-reactive ketones (excluding diaryl/α,β-unsaturated/α-hetero) is 1. The van der Waals surface area contributed by atoms with Gasteiger partial charge in [-0.15, -0.1) is 20.4 Å². The third-order valence-electron chi connectivity index (χ3n) is 5.09. The number of rotatable bonds is 10. The molecule has 0 aliphatic rings. The second kappa shape index (κ2) is 10.4. The fourth-order valence-corrected chi connectivity index (χ4v) is 4.22. The van der Waals surface area contributed by atoms with Crippen molar-refractivity contribution >= 4 is 23.2 Å². The average molecular weight is 463 g/mol. The second-order valence-electron chi connectivity index (χ2n) is 7.72. The van der Waals surface area contributed by atoms with Crippen LogP contribution in [0.5, 0.6) is 0 Å². The molecule has 2 heterocycles. The van der Waals surface area contributed by atoms with Crippen LogP contribution < -0.4 is 4.90 Å². The number of nitrogens with zero attached hydrogens (tertiary/aromatic N) is 8. The number of carbonyl (C=O) groups is 1. The minimum absolute atomic E-state index is 0.148. The highest BCUT2D eigenvalue weighted by Gasteiger charge is 2.15. The Morgan fingerprint density at radius 1 is 1.00 bits per heavy atom. The fraction of sp³-hybridized carbons (Fsp3) is 0.304. The monoisotopic (exact) mass is 462 g/mol. The topological polar surface area (TPSA) is 94.6 Å². The Kier molecular flexibility index (Phi) is 7.13. The lowest BCUT2D eigenvalue weighted by Gasteiger charge is -2.12. The summed E-state index contributed by atoms with van der Waals surface area (Å²) in [5.74, 6) is 1.78. The standard InChI is InChI=1S/C23H26N8OS/c1-4-30-21(15-31-27-22(25-28-31)18-8-6-5-7-9-18)24-26-23(30)33-16-20(32)14-17-10-12-19(13-11-17)29(2)3/h5-13H,4,14-16H2,1-3H3. The van der Waals surface area contributed by atoms with Gasteiger partial charge in [-0.3, -0.25) is 4.79 Å². The molecule has 0 aliphatic heterocycles. The maximum Gasteiger partial charge on any atom is 0.204 e. The predicted octanol–water partition coefficient (Wildman–Crippen LogP) is 2.97. The van der Waals surface area contributed by atoms with Gasteiger partial charge in [0, 0.05) is 38.3 Å². The lowest BCUT2D eigenvalue weighted by atomic mass is 10.1. The highest BCUT2D eigenvalue weighted by Crippen LogP contribution is 2.19. The van der Waals surface area contributed by atoms with Gasteiger partial charge in [-0.25, -0.2) is 0 Å². The van der Waals surface area contributed by atoms with E-state index in [1.807, 2.05) is 85.1 Å². The van der Waals surface area contributed by atoms with E-state index >= 15 is 0 Å². The largest absolute Gasteiger partial charge is 0.378 e. The third-order valence-corrected chi connectivity index (χ3v) is 6.12. The van der Waals surface area contributed by atoms with Crippen LogP contribution in [0.25, 0.3) is 11.4 Å². The van der Waals surface area contributed by atoms with Crippen molar-refractivity contribution in [3.63, 3.8) is 0 Å². The van der Waals surface area contributed by atoms with Gasteiger partial charge < -0.3 is 9.47 Å². The molecule has 4 aromatic rings. The zero-order chi connectivity index (χ0) is 23.2. The molecular weight excluding hydrogens is 436 g/mol. The molecule has 0 amide bonds. The first-order valence-corrected chi connectivity index (χ1v) is 11.7. The molecular formula is C23H26N8OS. The quantitative estimate of drug-likeness (QED) is 0.332. The van der Waals surface area contributed by atoms with E-state index in [0.717, 1.165) is 22.6 Å². The van der Waals surface area contributed by atoms with E-state index in [1.54, 1.807) is 0 Å². The molecule has 0 saturated heterocycles. The summed E-state index contributed by atoms with van der Waals surface area (Å²) in [6.07, 6.45) is 0.402. The molecule has 0 atom stereocenters. The molecule has 0 fully saturated rings. The van der Waals surface area contributed by atoms with Crippen molar-refractivity contribution in [1.29, 1.82) is 0 Å². The zero-order valence-electron chi connectivity index (χ0n) is 18.9. The number of carbonyl (C=O) groups excluding carboxylic acids is 1. The summed E-state index contributed by atoms with van der Waals surface area (Å²) in [4.78, 5) is 16.1. The highest BCUT2D eigenvalue weighted by atomic mass is 32.2. The van der Waals surface area contributed by atoms with E-state index < -0.39 is 0 Å². The number of ketones is 1. The lowest BCUT2D eigenvalue weighted by molar-refractivity contribution is -0.116. The molecule has 170 valence electrons. The Morgan fingerprint density at radius 3 is 2.45 bits per heavy atom. The summed E-state index contributed by atoms with van der Waals surface area (Å²) in [7, 11) is 3.99. The van der Waals surface area contributed by atoms with Gasteiger partial charge in [0.1, 0.15) is 12.3 Å². The molecule has 0 aliphatic carbocycles. The van der Waals surface area contributed by atoms with Crippen molar-refractivity contribution in [3.8, 4) is 11.4 Å². The van der Waals surface area contributed by atoms with Crippen molar-refractivity contribution in [2.24, 2.45) is 0 Å². The van der Waals surface area contributed by atoms with Crippen LogP contribution >= 0.6 is 11.8 Å². The van der Waals surface area contributed by atoms with E-state index in [4.69, 9.17) is 0 Å². The van der Waals surface area contributed by atoms with E-state index in [1.165, 1.54) is 16.6 Å². The number of anilines is 1. The molecule has 0 radical (unpaired) electrons. The second-order valence-corrected chi connectivity index (χ2v) is 8.66. The van der Waals surface area contributed by atoms with Crippen LogP contribution in [-0.4, -0.2) is 60.6 Å². The van der Waals surface area contributed by atoms with Gasteiger partial charge in [-0.1, -0.05) is 54.2 Å². The number of hydrogen-bond acceptors (Lipinski definition) is 8. The summed E-state index contributed by atoms with van der Waals surface area (Å²) in [5, 5.41) is 22.0. The number of aromatic nitrogens is 7. The van der Waals surface area contributed by atoms with Crippen LogP contribution in [0.15, 0.2) is 59.8 Å². The van der Waals surface area contributed by atoms with E-state index in [-0.39, 0.29) is 5.78 Å². The molecule has 2 aromatic heterocycles. The van der Waals surface area contributed by atoms with Crippen molar-refractivity contribution in [1.82, 2.24) is 35.0 Å². The number of hydrogen-bond donors (Lipinski definition) is 0. The van der Waals surface area contributed by atoms with Gasteiger partial charge >= 0.3 is 0 Å². The van der Waals surface area contributed by atoms with Crippen LogP contribution in [0.2, 0.25) is 0 Å². The Balaban J connectivity index is 1.36. The normalized spacial score (nSPS) is 11.0. The summed E-state index contributed by atoms with van der Waals surface area (Å²) in [5.41, 5.74) is 3.03. The molecule has 9 nitrogen and oxygen atoms in total. The number of tetrazole rings is 1. The average Bonchev–Trinajstić information content (AvgIpc) is 3.45. The third kappa shape index (κ3) is 5.64. The van der Waals surface area contributed by atoms with E-state index in [9.17, 15) is 4.79 Å². The van der Waals surface area contributed by atoms with Crippen molar-refractivity contribution in [2.45, 2.75) is 31.6 Å². The SMILES string of the molecule is CCn1c(Cn2nnc(-c3ccccc3)n2)nnc1SCC(=O)Cc1ccc(N(C)C)cc1. The first-order valence-electron chi connectivity index (χ1n) is 10.7. The molecule has 0 saturated carbocycles. The Hall–Kier alpha value is -3.53. The van der Waals surface area contributed by atoms with E-state index in [2.05, 4.69) is 25.6 Å². The van der Waals surface area contributed by atoms with Gasteiger partial charge in [-0.2, -0.15) is 4.80 Å². The summed E-state index contributed by atoms with van der Waals surface area (Å²) < 4.78 is 1.98. The molecule has 0 bridgehead atoms. The van der Waals surface area contributed by atoms with Crippen LogP contribution in [0.4, 0.5) is 5.69 Å². The minimum atomic E-state index is 0.148. The summed E-state index contributed by atoms with van der Waals surface area (Å²) in [6.45, 7) is 3.06. The predicted molar refractivity (Wildman–Crippen MR) is 128 cm³/mol. The smallest absolute Gasteiger partial charge is 0.204 e. The van der Waals surface area contributed by atoms with Crippen molar-refractivity contribution in [3.05, 3.63) is 66.0 Å². The summed E-state index contributed by atoms with van der Waals surface area (Å²) in [6, 6.07) is 17.8. The molecule has 33 heavy (non-hydrogen) atoms. The molecule has 0 unspecified atom stereocenters. The van der Waals surface area contributed by atoms with Crippen LogP contribution in [0.3, 0.4) is 0 Å². The first-order chi connectivity index (χ1) is 16.0. The fourth-order valence-electron chi connectivity index (χ4n) is 3.34. The van der Waals surface area contributed by atoms with Gasteiger partial charge in [-0.05, 0) is 29.8 Å².